The lowest BCUT2D eigenvalue weighted by atomic mass is 10.0. The number of amides is 1. The molecule has 0 aromatic heterocycles. The second kappa shape index (κ2) is 7.36. The number of rotatable bonds is 5. The molecule has 5 nitrogen and oxygen atoms in total. The van der Waals surface area contributed by atoms with Gasteiger partial charge in [-0.15, -0.1) is 0 Å². The molecule has 104 valence electrons. The van der Waals surface area contributed by atoms with E-state index in [-0.39, 0.29) is 11.9 Å². The van der Waals surface area contributed by atoms with Gasteiger partial charge >= 0.3 is 5.97 Å². The highest BCUT2D eigenvalue weighted by Crippen LogP contribution is 2.14. The lowest BCUT2D eigenvalue weighted by molar-refractivity contribution is -0.141. The third-order valence-electron chi connectivity index (χ3n) is 3.54. The Morgan fingerprint density at radius 2 is 2.11 bits per heavy atom. The van der Waals surface area contributed by atoms with Crippen LogP contribution in [0.3, 0.4) is 0 Å². The molecule has 0 aromatic carbocycles. The predicted octanol–water partition coefficient (Wildman–Crippen LogP) is 0.882. The van der Waals surface area contributed by atoms with Gasteiger partial charge in [0, 0.05) is 32.5 Å². The van der Waals surface area contributed by atoms with Crippen molar-refractivity contribution in [3.63, 3.8) is 0 Å². The Morgan fingerprint density at radius 3 is 2.72 bits per heavy atom. The minimum absolute atomic E-state index is 0.124. The van der Waals surface area contributed by atoms with Crippen molar-refractivity contribution in [1.82, 2.24) is 9.80 Å². The average molecular weight is 256 g/mol. The normalized spacial score (nSPS) is 20.5. The van der Waals surface area contributed by atoms with Gasteiger partial charge in [-0.3, -0.25) is 9.59 Å². The topological polar surface area (TPSA) is 49.9 Å². The van der Waals surface area contributed by atoms with E-state index in [0.29, 0.717) is 25.3 Å². The van der Waals surface area contributed by atoms with Gasteiger partial charge in [0.2, 0.25) is 5.91 Å². The molecule has 0 aliphatic carbocycles. The number of piperidine rings is 1. The van der Waals surface area contributed by atoms with Crippen LogP contribution < -0.4 is 0 Å². The van der Waals surface area contributed by atoms with E-state index in [4.69, 9.17) is 0 Å². The molecule has 1 aliphatic rings. The Labute approximate surface area is 109 Å². The maximum Gasteiger partial charge on any atom is 0.305 e. The van der Waals surface area contributed by atoms with E-state index in [0.717, 1.165) is 25.9 Å². The number of hydrogen-bond acceptors (Lipinski definition) is 4. The van der Waals surface area contributed by atoms with Crippen molar-refractivity contribution in [3.8, 4) is 0 Å². The summed E-state index contributed by atoms with van der Waals surface area (Å²) in [6.07, 6.45) is 3.52. The minimum atomic E-state index is -0.247. The van der Waals surface area contributed by atoms with Gasteiger partial charge in [0.1, 0.15) is 0 Å². The van der Waals surface area contributed by atoms with Crippen LogP contribution in [0.15, 0.2) is 0 Å². The SMILES string of the molecule is COC(=O)CCCC(=O)N(C)[C@@H]1CCCN(C)C1. The lowest BCUT2D eigenvalue weighted by Gasteiger charge is -2.35. The molecule has 0 bridgehead atoms. The fraction of sp³-hybridized carbons (Fsp3) is 0.846. The van der Waals surface area contributed by atoms with Gasteiger partial charge in [-0.1, -0.05) is 0 Å². The molecule has 18 heavy (non-hydrogen) atoms. The van der Waals surface area contributed by atoms with E-state index in [2.05, 4.69) is 16.7 Å². The zero-order valence-electron chi connectivity index (χ0n) is 11.6. The van der Waals surface area contributed by atoms with Crippen LogP contribution in [0.4, 0.5) is 0 Å². The number of methoxy groups -OCH3 is 1. The van der Waals surface area contributed by atoms with Crippen LogP contribution in [0, 0.1) is 0 Å². The van der Waals surface area contributed by atoms with Crippen LogP contribution in [0.5, 0.6) is 0 Å². The molecule has 1 heterocycles. The van der Waals surface area contributed by atoms with Crippen molar-refractivity contribution in [2.45, 2.75) is 38.1 Å². The molecule has 1 saturated heterocycles. The third kappa shape index (κ3) is 4.64. The highest BCUT2D eigenvalue weighted by Gasteiger charge is 2.24. The number of esters is 1. The number of carbonyl (C=O) groups excluding carboxylic acids is 2. The molecule has 0 aromatic rings. The summed E-state index contributed by atoms with van der Waals surface area (Å²) in [6.45, 7) is 2.06. The third-order valence-corrected chi connectivity index (χ3v) is 3.54. The molecule has 1 aliphatic heterocycles. The summed E-state index contributed by atoms with van der Waals surface area (Å²) in [5.74, 6) is -0.123. The summed E-state index contributed by atoms with van der Waals surface area (Å²) in [6, 6.07) is 0.314. The van der Waals surface area contributed by atoms with E-state index in [1.807, 2.05) is 11.9 Å². The standard InChI is InChI=1S/C13H24N2O3/c1-14-9-5-6-11(10-14)15(2)12(16)7-4-8-13(17)18-3/h11H,4-10H2,1-3H3/t11-/m1/s1. The molecule has 1 amide bonds. The molecular weight excluding hydrogens is 232 g/mol. The van der Waals surface area contributed by atoms with Crippen molar-refractivity contribution in [2.24, 2.45) is 0 Å². The van der Waals surface area contributed by atoms with Crippen LogP contribution in [0.1, 0.15) is 32.1 Å². The molecule has 0 spiro atoms. The molecule has 0 N–H and O–H groups in total. The summed E-state index contributed by atoms with van der Waals surface area (Å²) in [5, 5.41) is 0. The first-order chi connectivity index (χ1) is 8.54. The maximum absolute atomic E-state index is 12.0. The number of hydrogen-bond donors (Lipinski definition) is 0. The average Bonchev–Trinajstić information content (AvgIpc) is 2.37. The number of nitrogens with zero attached hydrogens (tertiary/aromatic N) is 2. The second-order valence-corrected chi connectivity index (χ2v) is 4.99. The number of likely N-dealkylation sites (N-methyl/N-ethyl adjacent to an activating group) is 2. The van der Waals surface area contributed by atoms with Crippen molar-refractivity contribution in [2.75, 3.05) is 34.3 Å². The molecule has 1 atom stereocenters. The van der Waals surface area contributed by atoms with Crippen molar-refractivity contribution < 1.29 is 14.3 Å². The van der Waals surface area contributed by atoms with Gasteiger partial charge in [-0.25, -0.2) is 0 Å². The molecule has 1 rings (SSSR count). The summed E-state index contributed by atoms with van der Waals surface area (Å²) in [5.41, 5.74) is 0. The zero-order chi connectivity index (χ0) is 13.5. The number of ether oxygens (including phenoxy) is 1. The lowest BCUT2D eigenvalue weighted by Crippen LogP contribution is -2.47. The van der Waals surface area contributed by atoms with Gasteiger partial charge in [0.15, 0.2) is 0 Å². The quantitative estimate of drug-likeness (QED) is 0.685. The fourth-order valence-corrected chi connectivity index (χ4v) is 2.32. The van der Waals surface area contributed by atoms with E-state index in [9.17, 15) is 9.59 Å². The molecular formula is C13H24N2O3. The smallest absolute Gasteiger partial charge is 0.305 e. The van der Waals surface area contributed by atoms with Gasteiger partial charge in [0.25, 0.3) is 0 Å². The summed E-state index contributed by atoms with van der Waals surface area (Å²) in [4.78, 5) is 27.0. The maximum atomic E-state index is 12.0. The second-order valence-electron chi connectivity index (χ2n) is 4.99. The molecule has 0 unspecified atom stereocenters. The Morgan fingerprint density at radius 1 is 1.39 bits per heavy atom. The minimum Gasteiger partial charge on any atom is -0.469 e. The summed E-state index contributed by atoms with van der Waals surface area (Å²) < 4.78 is 4.55. The van der Waals surface area contributed by atoms with E-state index in [1.54, 1.807) is 0 Å². The van der Waals surface area contributed by atoms with Gasteiger partial charge in [-0.2, -0.15) is 0 Å². The monoisotopic (exact) mass is 256 g/mol. The van der Waals surface area contributed by atoms with E-state index in [1.165, 1.54) is 7.11 Å². The molecule has 5 heteroatoms. The number of carbonyl (C=O) groups is 2. The Balaban J connectivity index is 2.29. The Hall–Kier alpha value is -1.10. The van der Waals surface area contributed by atoms with Crippen LogP contribution >= 0.6 is 0 Å². The van der Waals surface area contributed by atoms with Crippen LogP contribution in [-0.2, 0) is 14.3 Å². The van der Waals surface area contributed by atoms with Gasteiger partial charge < -0.3 is 14.5 Å². The Bertz CT molecular complexity index is 294. The van der Waals surface area contributed by atoms with Crippen LogP contribution in [-0.4, -0.2) is 62.0 Å². The van der Waals surface area contributed by atoms with Crippen molar-refractivity contribution >= 4 is 11.9 Å². The molecule has 0 saturated carbocycles. The number of likely N-dealkylation sites (tertiary alicyclic amines) is 1. The first kappa shape index (κ1) is 15.0. The fourth-order valence-electron chi connectivity index (χ4n) is 2.32. The Kier molecular flexibility index (Phi) is 6.12. The van der Waals surface area contributed by atoms with Crippen LogP contribution in [0.2, 0.25) is 0 Å². The first-order valence-corrected chi connectivity index (χ1v) is 6.55. The van der Waals surface area contributed by atoms with Crippen LogP contribution in [0.25, 0.3) is 0 Å². The predicted molar refractivity (Wildman–Crippen MR) is 69.2 cm³/mol. The van der Waals surface area contributed by atoms with E-state index >= 15 is 0 Å². The van der Waals surface area contributed by atoms with Gasteiger partial charge in [0.05, 0.1) is 7.11 Å². The van der Waals surface area contributed by atoms with E-state index < -0.39 is 0 Å². The molecule has 1 fully saturated rings. The van der Waals surface area contributed by atoms with Crippen molar-refractivity contribution in [1.29, 1.82) is 0 Å². The molecule has 0 radical (unpaired) electrons. The largest absolute Gasteiger partial charge is 0.469 e. The highest BCUT2D eigenvalue weighted by molar-refractivity contribution is 5.77. The zero-order valence-corrected chi connectivity index (χ0v) is 11.6. The van der Waals surface area contributed by atoms with Gasteiger partial charge in [-0.05, 0) is 32.9 Å². The first-order valence-electron chi connectivity index (χ1n) is 6.55. The highest BCUT2D eigenvalue weighted by atomic mass is 16.5. The van der Waals surface area contributed by atoms with Crippen molar-refractivity contribution in [3.05, 3.63) is 0 Å². The summed E-state index contributed by atoms with van der Waals surface area (Å²) >= 11 is 0. The summed E-state index contributed by atoms with van der Waals surface area (Å²) in [7, 11) is 5.32.